The number of hydrogen-bond donors (Lipinski definition) is 2. The maximum Gasteiger partial charge on any atom is 0.133 e. The van der Waals surface area contributed by atoms with Gasteiger partial charge in [0.05, 0.1) is 31.9 Å². The van der Waals surface area contributed by atoms with Crippen LogP contribution in [0.15, 0.2) is 16.6 Å². The molecule has 108 valence electrons. The van der Waals surface area contributed by atoms with Crippen molar-refractivity contribution in [1.29, 1.82) is 0 Å². The molecule has 0 aliphatic carbocycles. The van der Waals surface area contributed by atoms with Gasteiger partial charge in [-0.1, -0.05) is 0 Å². The minimum atomic E-state index is 0.0516. The molecule has 2 N–H and O–H groups in total. The van der Waals surface area contributed by atoms with Crippen molar-refractivity contribution in [3.63, 3.8) is 0 Å². The Hall–Kier alpha value is -0.820. The monoisotopic (exact) mass is 333 g/mol. The fourth-order valence-corrected chi connectivity index (χ4v) is 2.33. The lowest BCUT2D eigenvalue weighted by atomic mass is 10.1. The van der Waals surface area contributed by atoms with E-state index in [-0.39, 0.29) is 13.2 Å². The summed E-state index contributed by atoms with van der Waals surface area (Å²) in [5.41, 5.74) is 0.949. The Kier molecular flexibility index (Phi) is 7.15. The number of aliphatic hydroxyl groups excluding tert-OH is 2. The predicted molar refractivity (Wildman–Crippen MR) is 76.7 cm³/mol. The van der Waals surface area contributed by atoms with Crippen LogP contribution in [0, 0.1) is 0 Å². The van der Waals surface area contributed by atoms with E-state index in [9.17, 15) is 0 Å². The lowest BCUT2D eigenvalue weighted by Gasteiger charge is -2.22. The van der Waals surface area contributed by atoms with Crippen molar-refractivity contribution < 1.29 is 19.7 Å². The molecule has 0 fully saturated rings. The number of rotatable bonds is 8. The zero-order chi connectivity index (χ0) is 14.3. The zero-order valence-electron chi connectivity index (χ0n) is 11.2. The van der Waals surface area contributed by atoms with Crippen molar-refractivity contribution in [2.75, 3.05) is 40.5 Å². The van der Waals surface area contributed by atoms with Gasteiger partial charge in [0, 0.05) is 25.2 Å². The lowest BCUT2D eigenvalue weighted by molar-refractivity contribution is 0.154. The Labute approximate surface area is 121 Å². The van der Waals surface area contributed by atoms with E-state index in [0.29, 0.717) is 19.6 Å². The first-order valence-electron chi connectivity index (χ1n) is 6.00. The van der Waals surface area contributed by atoms with Crippen LogP contribution in [0.25, 0.3) is 0 Å². The molecule has 0 saturated heterocycles. The summed E-state index contributed by atoms with van der Waals surface area (Å²) in [6.45, 7) is 1.68. The molecule has 0 aromatic heterocycles. The predicted octanol–water partition coefficient (Wildman–Crippen LogP) is 1.25. The van der Waals surface area contributed by atoms with Gasteiger partial charge in [0.1, 0.15) is 11.5 Å². The topological polar surface area (TPSA) is 62.2 Å². The molecule has 0 amide bonds. The second-order valence-corrected chi connectivity index (χ2v) is 4.88. The Bertz CT molecular complexity index is 394. The molecule has 0 saturated carbocycles. The third-order valence-electron chi connectivity index (χ3n) is 2.78. The summed E-state index contributed by atoms with van der Waals surface area (Å²) in [6.07, 6.45) is 0. The number of hydrogen-bond acceptors (Lipinski definition) is 5. The quantitative estimate of drug-likeness (QED) is 0.749. The van der Waals surface area contributed by atoms with Crippen LogP contribution < -0.4 is 9.47 Å². The molecule has 0 heterocycles. The summed E-state index contributed by atoms with van der Waals surface area (Å²) >= 11 is 3.41. The van der Waals surface area contributed by atoms with Crippen LogP contribution in [0.2, 0.25) is 0 Å². The summed E-state index contributed by atoms with van der Waals surface area (Å²) in [5.74, 6) is 1.47. The maximum absolute atomic E-state index is 9.03. The van der Waals surface area contributed by atoms with E-state index in [0.717, 1.165) is 21.5 Å². The fraction of sp³-hybridized carbons (Fsp3) is 0.538. The first kappa shape index (κ1) is 16.2. The highest BCUT2D eigenvalue weighted by molar-refractivity contribution is 9.10. The van der Waals surface area contributed by atoms with E-state index in [1.54, 1.807) is 14.2 Å². The standard InChI is InChI=1S/C13H20BrNO4/c1-18-12-8-11(14)13(19-2)7-10(12)9-15(3-5-16)4-6-17/h7-8,16-17H,3-6,9H2,1-2H3. The number of benzene rings is 1. The van der Waals surface area contributed by atoms with Gasteiger partial charge < -0.3 is 19.7 Å². The van der Waals surface area contributed by atoms with E-state index >= 15 is 0 Å². The minimum Gasteiger partial charge on any atom is -0.496 e. The number of ether oxygens (including phenoxy) is 2. The zero-order valence-corrected chi connectivity index (χ0v) is 12.8. The molecule has 5 nitrogen and oxygen atoms in total. The van der Waals surface area contributed by atoms with Crippen LogP contribution >= 0.6 is 15.9 Å². The maximum atomic E-state index is 9.03. The summed E-state index contributed by atoms with van der Waals surface area (Å²) in [6, 6.07) is 3.74. The molecule has 0 spiro atoms. The minimum absolute atomic E-state index is 0.0516. The number of aliphatic hydroxyl groups is 2. The molecular formula is C13H20BrNO4. The fourth-order valence-electron chi connectivity index (χ4n) is 1.84. The molecule has 0 aliphatic heterocycles. The highest BCUT2D eigenvalue weighted by Crippen LogP contribution is 2.33. The van der Waals surface area contributed by atoms with Crippen molar-refractivity contribution in [2.24, 2.45) is 0 Å². The molecule has 19 heavy (non-hydrogen) atoms. The SMILES string of the molecule is COc1cc(CN(CCO)CCO)c(OC)cc1Br. The van der Waals surface area contributed by atoms with Gasteiger partial charge in [-0.05, 0) is 28.1 Å². The number of methoxy groups -OCH3 is 2. The largest absolute Gasteiger partial charge is 0.496 e. The average molecular weight is 334 g/mol. The normalized spacial score (nSPS) is 10.8. The van der Waals surface area contributed by atoms with Gasteiger partial charge >= 0.3 is 0 Å². The van der Waals surface area contributed by atoms with E-state index in [4.69, 9.17) is 19.7 Å². The highest BCUT2D eigenvalue weighted by Gasteiger charge is 2.13. The average Bonchev–Trinajstić information content (AvgIpc) is 2.40. The first-order chi connectivity index (χ1) is 9.15. The summed E-state index contributed by atoms with van der Waals surface area (Å²) in [5, 5.41) is 18.1. The van der Waals surface area contributed by atoms with Crippen molar-refractivity contribution >= 4 is 15.9 Å². The van der Waals surface area contributed by atoms with Gasteiger partial charge in [-0.25, -0.2) is 0 Å². The van der Waals surface area contributed by atoms with Crippen LogP contribution in [0.3, 0.4) is 0 Å². The molecule has 0 aliphatic rings. The smallest absolute Gasteiger partial charge is 0.133 e. The van der Waals surface area contributed by atoms with E-state index in [1.165, 1.54) is 0 Å². The molecule has 1 aromatic rings. The Morgan fingerprint density at radius 2 is 1.63 bits per heavy atom. The van der Waals surface area contributed by atoms with Crippen LogP contribution in [0.5, 0.6) is 11.5 Å². The molecule has 1 aromatic carbocycles. The van der Waals surface area contributed by atoms with Gasteiger partial charge in [-0.3, -0.25) is 4.90 Å². The van der Waals surface area contributed by atoms with Crippen LogP contribution in [-0.4, -0.2) is 55.6 Å². The van der Waals surface area contributed by atoms with Gasteiger partial charge in [-0.2, -0.15) is 0 Å². The van der Waals surface area contributed by atoms with E-state index in [1.807, 2.05) is 17.0 Å². The van der Waals surface area contributed by atoms with Gasteiger partial charge in [0.2, 0.25) is 0 Å². The summed E-state index contributed by atoms with van der Waals surface area (Å²) in [7, 11) is 3.22. The summed E-state index contributed by atoms with van der Waals surface area (Å²) in [4.78, 5) is 1.95. The third kappa shape index (κ3) is 4.65. The van der Waals surface area contributed by atoms with Crippen molar-refractivity contribution in [2.45, 2.75) is 6.54 Å². The molecule has 0 unspecified atom stereocenters. The molecule has 6 heteroatoms. The molecule has 1 rings (SSSR count). The Morgan fingerprint density at radius 1 is 1.05 bits per heavy atom. The van der Waals surface area contributed by atoms with Crippen LogP contribution in [0.1, 0.15) is 5.56 Å². The third-order valence-corrected chi connectivity index (χ3v) is 3.40. The molecule has 0 radical (unpaired) electrons. The van der Waals surface area contributed by atoms with E-state index < -0.39 is 0 Å². The molecule has 0 bridgehead atoms. The van der Waals surface area contributed by atoms with Crippen molar-refractivity contribution in [1.82, 2.24) is 4.90 Å². The highest BCUT2D eigenvalue weighted by atomic mass is 79.9. The number of nitrogens with zero attached hydrogens (tertiary/aromatic N) is 1. The second kappa shape index (κ2) is 8.37. The van der Waals surface area contributed by atoms with Crippen LogP contribution in [-0.2, 0) is 6.54 Å². The molecular weight excluding hydrogens is 314 g/mol. The summed E-state index contributed by atoms with van der Waals surface area (Å²) < 4.78 is 11.4. The van der Waals surface area contributed by atoms with Gasteiger partial charge in [0.25, 0.3) is 0 Å². The van der Waals surface area contributed by atoms with E-state index in [2.05, 4.69) is 15.9 Å². The first-order valence-corrected chi connectivity index (χ1v) is 6.80. The molecule has 0 atom stereocenters. The van der Waals surface area contributed by atoms with Gasteiger partial charge in [-0.15, -0.1) is 0 Å². The Morgan fingerprint density at radius 3 is 2.11 bits per heavy atom. The van der Waals surface area contributed by atoms with Crippen molar-refractivity contribution in [3.05, 3.63) is 22.2 Å². The second-order valence-electron chi connectivity index (χ2n) is 4.02. The Balaban J connectivity index is 2.96. The number of halogens is 1. The van der Waals surface area contributed by atoms with Crippen LogP contribution in [0.4, 0.5) is 0 Å². The van der Waals surface area contributed by atoms with Gasteiger partial charge in [0.15, 0.2) is 0 Å². The van der Waals surface area contributed by atoms with Crippen molar-refractivity contribution in [3.8, 4) is 11.5 Å². The lowest BCUT2D eigenvalue weighted by Crippen LogP contribution is -2.29.